The molecule has 5 heteroatoms. The van der Waals surface area contributed by atoms with E-state index in [1.54, 1.807) is 0 Å². The van der Waals surface area contributed by atoms with Crippen molar-refractivity contribution >= 4 is 5.97 Å². The minimum absolute atomic E-state index is 0.193. The summed E-state index contributed by atoms with van der Waals surface area (Å²) in [6.07, 6.45) is 8.95. The standard InChI is InChI=1S/C14H21N3O2/c1-2-10-5-3-4-6-12(10)16-8-13-11(14(18)19)7-15-9-17-13/h7,9-10,12,16H,2-6,8H2,1H3,(H,18,19). The lowest BCUT2D eigenvalue weighted by Crippen LogP contribution is -2.38. The average Bonchev–Trinajstić information content (AvgIpc) is 2.45. The number of hydrogen-bond donors (Lipinski definition) is 2. The molecule has 0 saturated heterocycles. The maximum atomic E-state index is 11.1. The molecule has 1 aliphatic carbocycles. The van der Waals surface area contributed by atoms with Crippen LogP contribution in [0.5, 0.6) is 0 Å². The summed E-state index contributed by atoms with van der Waals surface area (Å²) in [4.78, 5) is 18.9. The molecule has 2 unspecified atom stereocenters. The third-order valence-corrected chi connectivity index (χ3v) is 3.99. The van der Waals surface area contributed by atoms with Gasteiger partial charge in [-0.15, -0.1) is 0 Å². The van der Waals surface area contributed by atoms with Gasteiger partial charge < -0.3 is 10.4 Å². The number of carboxylic acids is 1. The van der Waals surface area contributed by atoms with E-state index in [9.17, 15) is 4.79 Å². The van der Waals surface area contributed by atoms with Gasteiger partial charge in [0.15, 0.2) is 0 Å². The van der Waals surface area contributed by atoms with Gasteiger partial charge in [0, 0.05) is 18.8 Å². The number of hydrogen-bond acceptors (Lipinski definition) is 4. The topological polar surface area (TPSA) is 75.1 Å². The molecule has 0 radical (unpaired) electrons. The molecule has 0 amide bonds. The Bertz CT molecular complexity index is 436. The highest BCUT2D eigenvalue weighted by atomic mass is 16.4. The summed E-state index contributed by atoms with van der Waals surface area (Å²) < 4.78 is 0. The Labute approximate surface area is 113 Å². The number of aromatic carboxylic acids is 1. The second-order valence-corrected chi connectivity index (χ2v) is 5.13. The molecule has 0 aromatic carbocycles. The molecule has 1 aromatic rings. The van der Waals surface area contributed by atoms with Crippen LogP contribution in [0.15, 0.2) is 12.5 Å². The fourth-order valence-electron chi connectivity index (χ4n) is 2.87. The molecule has 0 spiro atoms. The summed E-state index contributed by atoms with van der Waals surface area (Å²) in [6, 6.07) is 0.482. The van der Waals surface area contributed by atoms with E-state index in [-0.39, 0.29) is 5.56 Å². The monoisotopic (exact) mass is 263 g/mol. The van der Waals surface area contributed by atoms with Gasteiger partial charge in [0.1, 0.15) is 11.9 Å². The van der Waals surface area contributed by atoms with Crippen LogP contribution in [0.2, 0.25) is 0 Å². The van der Waals surface area contributed by atoms with Crippen LogP contribution in [0.25, 0.3) is 0 Å². The largest absolute Gasteiger partial charge is 0.478 e. The smallest absolute Gasteiger partial charge is 0.339 e. The summed E-state index contributed by atoms with van der Waals surface area (Å²) in [6.45, 7) is 2.73. The zero-order valence-electron chi connectivity index (χ0n) is 11.3. The fourth-order valence-corrected chi connectivity index (χ4v) is 2.87. The summed E-state index contributed by atoms with van der Waals surface area (Å²) in [5.74, 6) is -0.267. The van der Waals surface area contributed by atoms with E-state index in [1.165, 1.54) is 44.6 Å². The second kappa shape index (κ2) is 6.61. The van der Waals surface area contributed by atoms with Crippen LogP contribution in [0, 0.1) is 5.92 Å². The summed E-state index contributed by atoms with van der Waals surface area (Å²) in [5, 5.41) is 12.6. The quantitative estimate of drug-likeness (QED) is 0.852. The molecule has 1 fully saturated rings. The number of nitrogens with one attached hydrogen (secondary N) is 1. The van der Waals surface area contributed by atoms with Crippen molar-refractivity contribution in [2.24, 2.45) is 5.92 Å². The number of nitrogens with zero attached hydrogens (tertiary/aromatic N) is 2. The third-order valence-electron chi connectivity index (χ3n) is 3.99. The van der Waals surface area contributed by atoms with Crippen LogP contribution in [-0.2, 0) is 6.54 Å². The van der Waals surface area contributed by atoms with E-state index in [2.05, 4.69) is 22.2 Å². The van der Waals surface area contributed by atoms with Crippen molar-refractivity contribution in [3.63, 3.8) is 0 Å². The number of aromatic nitrogens is 2. The lowest BCUT2D eigenvalue weighted by molar-refractivity contribution is 0.0694. The molecule has 19 heavy (non-hydrogen) atoms. The highest BCUT2D eigenvalue weighted by Crippen LogP contribution is 2.27. The maximum absolute atomic E-state index is 11.1. The molecule has 0 aliphatic heterocycles. The van der Waals surface area contributed by atoms with Crippen LogP contribution < -0.4 is 5.32 Å². The van der Waals surface area contributed by atoms with Crippen molar-refractivity contribution in [1.29, 1.82) is 0 Å². The Hall–Kier alpha value is -1.49. The van der Waals surface area contributed by atoms with Gasteiger partial charge in [-0.1, -0.05) is 26.2 Å². The van der Waals surface area contributed by atoms with E-state index < -0.39 is 5.97 Å². The van der Waals surface area contributed by atoms with Gasteiger partial charge in [-0.3, -0.25) is 0 Å². The van der Waals surface area contributed by atoms with Crippen LogP contribution in [0.3, 0.4) is 0 Å². The first kappa shape index (κ1) is 13.9. The molecule has 1 aromatic heterocycles. The summed E-state index contributed by atoms with van der Waals surface area (Å²) in [7, 11) is 0. The Morgan fingerprint density at radius 1 is 1.47 bits per heavy atom. The zero-order valence-corrected chi connectivity index (χ0v) is 11.3. The van der Waals surface area contributed by atoms with Crippen molar-refractivity contribution in [2.75, 3.05) is 0 Å². The maximum Gasteiger partial charge on any atom is 0.339 e. The second-order valence-electron chi connectivity index (χ2n) is 5.13. The van der Waals surface area contributed by atoms with E-state index in [0.717, 1.165) is 0 Å². The molecule has 1 saturated carbocycles. The van der Waals surface area contributed by atoms with E-state index in [4.69, 9.17) is 5.11 Å². The van der Waals surface area contributed by atoms with E-state index in [1.807, 2.05) is 0 Å². The predicted molar refractivity (Wildman–Crippen MR) is 71.9 cm³/mol. The first-order valence-electron chi connectivity index (χ1n) is 6.98. The van der Waals surface area contributed by atoms with Crippen LogP contribution in [-0.4, -0.2) is 27.1 Å². The highest BCUT2D eigenvalue weighted by Gasteiger charge is 2.23. The molecule has 0 bridgehead atoms. The molecule has 5 nitrogen and oxygen atoms in total. The number of carboxylic acid groups (broad SMARTS) is 1. The SMILES string of the molecule is CCC1CCCCC1NCc1ncncc1C(=O)O. The Morgan fingerprint density at radius 2 is 2.26 bits per heavy atom. The van der Waals surface area contributed by atoms with Gasteiger partial charge >= 0.3 is 5.97 Å². The van der Waals surface area contributed by atoms with Crippen molar-refractivity contribution in [2.45, 2.75) is 51.6 Å². The minimum atomic E-state index is -0.965. The van der Waals surface area contributed by atoms with Crippen molar-refractivity contribution < 1.29 is 9.90 Å². The first-order chi connectivity index (χ1) is 9.22. The van der Waals surface area contributed by atoms with Crippen molar-refractivity contribution in [1.82, 2.24) is 15.3 Å². The molecule has 1 aliphatic rings. The zero-order chi connectivity index (χ0) is 13.7. The molecule has 1 heterocycles. The van der Waals surface area contributed by atoms with Crippen LogP contribution >= 0.6 is 0 Å². The van der Waals surface area contributed by atoms with Gasteiger partial charge in [0.05, 0.1) is 5.69 Å². The normalized spacial score (nSPS) is 23.2. The predicted octanol–water partition coefficient (Wildman–Crippen LogP) is 2.23. The Balaban J connectivity index is 2.00. The van der Waals surface area contributed by atoms with Gasteiger partial charge in [0.2, 0.25) is 0 Å². The molecular weight excluding hydrogens is 242 g/mol. The van der Waals surface area contributed by atoms with Gasteiger partial charge in [0.25, 0.3) is 0 Å². The highest BCUT2D eigenvalue weighted by molar-refractivity contribution is 5.88. The van der Waals surface area contributed by atoms with Crippen molar-refractivity contribution in [3.8, 4) is 0 Å². The van der Waals surface area contributed by atoms with Gasteiger partial charge in [-0.05, 0) is 18.8 Å². The molecule has 104 valence electrons. The lowest BCUT2D eigenvalue weighted by Gasteiger charge is -2.31. The van der Waals surface area contributed by atoms with Crippen molar-refractivity contribution in [3.05, 3.63) is 23.8 Å². The van der Waals surface area contributed by atoms with Gasteiger partial charge in [-0.2, -0.15) is 0 Å². The lowest BCUT2D eigenvalue weighted by atomic mass is 9.83. The van der Waals surface area contributed by atoms with E-state index >= 15 is 0 Å². The minimum Gasteiger partial charge on any atom is -0.478 e. The Kier molecular flexibility index (Phi) is 4.85. The molecule has 2 atom stereocenters. The molecular formula is C14H21N3O2. The Morgan fingerprint density at radius 3 is 3.00 bits per heavy atom. The molecule has 2 rings (SSSR count). The third kappa shape index (κ3) is 3.50. The number of carbonyl (C=O) groups is 1. The van der Waals surface area contributed by atoms with Crippen LogP contribution in [0.4, 0.5) is 0 Å². The average molecular weight is 263 g/mol. The van der Waals surface area contributed by atoms with Crippen LogP contribution in [0.1, 0.15) is 55.1 Å². The molecule has 2 N–H and O–H groups in total. The fraction of sp³-hybridized carbons (Fsp3) is 0.643. The van der Waals surface area contributed by atoms with E-state index in [0.29, 0.717) is 24.2 Å². The summed E-state index contributed by atoms with van der Waals surface area (Å²) >= 11 is 0. The summed E-state index contributed by atoms with van der Waals surface area (Å²) in [5.41, 5.74) is 0.766. The van der Waals surface area contributed by atoms with Gasteiger partial charge in [-0.25, -0.2) is 14.8 Å². The first-order valence-corrected chi connectivity index (χ1v) is 6.98. The number of rotatable bonds is 5.